The average Bonchev–Trinajstić information content (AvgIpc) is 3.17. The number of tetrazole rings is 1. The summed E-state index contributed by atoms with van der Waals surface area (Å²) in [7, 11) is 0. The minimum atomic E-state index is -0.351. The first-order valence-electron chi connectivity index (χ1n) is 9.24. The van der Waals surface area contributed by atoms with Crippen molar-refractivity contribution in [3.63, 3.8) is 0 Å². The predicted molar refractivity (Wildman–Crippen MR) is 106 cm³/mol. The highest BCUT2D eigenvalue weighted by atomic mass is 32.2. The zero-order valence-corrected chi connectivity index (χ0v) is 16.3. The standard InChI is InChI=1S/C20H21N5O2S/c1-13(19(27)21-18-8-4-6-14-5-2-3-7-17(14)18)28-20-22-23-24-25(20)15-9-11-16(26)12-10-15/h2-3,5,7,9-13,18,26H,4,6,8H2,1H3,(H,21,27)/t13-,18-/m1/s1. The van der Waals surface area contributed by atoms with E-state index in [4.69, 9.17) is 0 Å². The molecule has 0 saturated carbocycles. The number of amides is 1. The van der Waals surface area contributed by atoms with Crippen molar-refractivity contribution in [3.05, 3.63) is 59.7 Å². The second-order valence-corrected chi connectivity index (χ2v) is 8.11. The molecule has 0 aliphatic heterocycles. The Hall–Kier alpha value is -2.87. The minimum Gasteiger partial charge on any atom is -0.508 e. The number of phenolic OH excluding ortho intramolecular Hbond substituents is 1. The Balaban J connectivity index is 1.45. The Labute approximate surface area is 167 Å². The molecular formula is C20H21N5O2S. The van der Waals surface area contributed by atoms with E-state index in [1.165, 1.54) is 22.9 Å². The van der Waals surface area contributed by atoms with Crippen LogP contribution in [0.2, 0.25) is 0 Å². The third-order valence-corrected chi connectivity index (χ3v) is 5.91. The maximum atomic E-state index is 12.8. The molecule has 2 aromatic carbocycles. The Morgan fingerprint density at radius 2 is 2.04 bits per heavy atom. The molecule has 1 aromatic heterocycles. The van der Waals surface area contributed by atoms with Gasteiger partial charge in [-0.2, -0.15) is 4.68 Å². The Kier molecular flexibility index (Phi) is 5.29. The third-order valence-electron chi connectivity index (χ3n) is 4.87. The van der Waals surface area contributed by atoms with Gasteiger partial charge in [0.05, 0.1) is 17.0 Å². The molecule has 0 radical (unpaired) electrons. The molecule has 8 heteroatoms. The molecule has 7 nitrogen and oxygen atoms in total. The number of rotatable bonds is 5. The first-order chi connectivity index (χ1) is 13.6. The van der Waals surface area contributed by atoms with Crippen molar-refractivity contribution in [1.82, 2.24) is 25.5 Å². The lowest BCUT2D eigenvalue weighted by molar-refractivity contribution is -0.121. The summed E-state index contributed by atoms with van der Waals surface area (Å²) in [5, 5.41) is 24.6. The summed E-state index contributed by atoms with van der Waals surface area (Å²) in [6, 6.07) is 14.9. The molecule has 144 valence electrons. The molecule has 0 saturated heterocycles. The van der Waals surface area contributed by atoms with Crippen LogP contribution in [-0.4, -0.2) is 36.5 Å². The largest absolute Gasteiger partial charge is 0.508 e. The maximum Gasteiger partial charge on any atom is 0.233 e. The first-order valence-corrected chi connectivity index (χ1v) is 10.1. The van der Waals surface area contributed by atoms with E-state index in [-0.39, 0.29) is 22.9 Å². The Morgan fingerprint density at radius 1 is 1.25 bits per heavy atom. The molecule has 1 heterocycles. The van der Waals surface area contributed by atoms with Crippen LogP contribution in [0.3, 0.4) is 0 Å². The number of nitrogens with one attached hydrogen (secondary N) is 1. The van der Waals surface area contributed by atoms with Crippen molar-refractivity contribution in [1.29, 1.82) is 0 Å². The normalized spacial score (nSPS) is 17.0. The summed E-state index contributed by atoms with van der Waals surface area (Å²) in [6.45, 7) is 1.85. The van der Waals surface area contributed by atoms with Gasteiger partial charge >= 0.3 is 0 Å². The third kappa shape index (κ3) is 3.87. The molecule has 1 amide bonds. The zero-order chi connectivity index (χ0) is 19.5. The number of thioether (sulfide) groups is 1. The van der Waals surface area contributed by atoms with E-state index < -0.39 is 0 Å². The molecule has 1 aliphatic rings. The summed E-state index contributed by atoms with van der Waals surface area (Å²) in [6.07, 6.45) is 3.09. The van der Waals surface area contributed by atoms with Crippen molar-refractivity contribution in [2.45, 2.75) is 42.6 Å². The topological polar surface area (TPSA) is 92.9 Å². The monoisotopic (exact) mass is 395 g/mol. The van der Waals surface area contributed by atoms with E-state index in [9.17, 15) is 9.90 Å². The van der Waals surface area contributed by atoms with Crippen LogP contribution in [0.25, 0.3) is 5.69 Å². The number of phenols is 1. The van der Waals surface area contributed by atoms with E-state index in [1.54, 1.807) is 28.9 Å². The number of aryl methyl sites for hydroxylation is 1. The predicted octanol–water partition coefficient (Wildman–Crippen LogP) is 3.04. The molecule has 0 unspecified atom stereocenters. The van der Waals surface area contributed by atoms with E-state index in [0.717, 1.165) is 24.9 Å². The molecule has 1 aliphatic carbocycles. The highest BCUT2D eigenvalue weighted by molar-refractivity contribution is 8.00. The molecule has 3 aromatic rings. The van der Waals surface area contributed by atoms with E-state index in [1.807, 2.05) is 19.1 Å². The van der Waals surface area contributed by atoms with Gasteiger partial charge in [0.15, 0.2) is 0 Å². The maximum absolute atomic E-state index is 12.8. The second kappa shape index (κ2) is 8.02. The lowest BCUT2D eigenvalue weighted by Gasteiger charge is -2.27. The van der Waals surface area contributed by atoms with Crippen LogP contribution < -0.4 is 5.32 Å². The molecule has 0 fully saturated rings. The van der Waals surface area contributed by atoms with Crippen LogP contribution in [-0.2, 0) is 11.2 Å². The van der Waals surface area contributed by atoms with Gasteiger partial charge in [0.1, 0.15) is 5.75 Å². The molecule has 2 atom stereocenters. The fourth-order valence-electron chi connectivity index (χ4n) is 3.41. The number of carbonyl (C=O) groups excluding carboxylic acids is 1. The molecule has 28 heavy (non-hydrogen) atoms. The van der Waals surface area contributed by atoms with Crippen molar-refractivity contribution in [3.8, 4) is 11.4 Å². The van der Waals surface area contributed by atoms with Gasteiger partial charge in [-0.1, -0.05) is 36.0 Å². The van der Waals surface area contributed by atoms with Crippen molar-refractivity contribution >= 4 is 17.7 Å². The fraction of sp³-hybridized carbons (Fsp3) is 0.300. The Bertz CT molecular complexity index is 973. The quantitative estimate of drug-likeness (QED) is 0.645. The van der Waals surface area contributed by atoms with E-state index in [0.29, 0.717) is 5.16 Å². The lowest BCUT2D eigenvalue weighted by Crippen LogP contribution is -2.36. The van der Waals surface area contributed by atoms with E-state index in [2.05, 4.69) is 33.0 Å². The highest BCUT2D eigenvalue weighted by Crippen LogP contribution is 2.30. The Morgan fingerprint density at radius 3 is 2.86 bits per heavy atom. The number of hydrogen-bond acceptors (Lipinski definition) is 6. The summed E-state index contributed by atoms with van der Waals surface area (Å²) in [5.41, 5.74) is 3.25. The van der Waals surface area contributed by atoms with Crippen molar-refractivity contribution in [2.75, 3.05) is 0 Å². The SMILES string of the molecule is C[C@@H](Sc1nnnn1-c1ccc(O)cc1)C(=O)N[C@@H]1CCCc2ccccc21. The van der Waals surface area contributed by atoms with Gasteiger partial charge in [-0.15, -0.1) is 5.10 Å². The molecular weight excluding hydrogens is 374 g/mol. The van der Waals surface area contributed by atoms with Gasteiger partial charge in [0, 0.05) is 0 Å². The van der Waals surface area contributed by atoms with Crippen LogP contribution in [0.15, 0.2) is 53.7 Å². The number of hydrogen-bond donors (Lipinski definition) is 2. The second-order valence-electron chi connectivity index (χ2n) is 6.80. The number of benzene rings is 2. The number of nitrogens with zero attached hydrogens (tertiary/aromatic N) is 4. The smallest absolute Gasteiger partial charge is 0.233 e. The number of aromatic hydroxyl groups is 1. The van der Waals surface area contributed by atoms with Crippen molar-refractivity contribution < 1.29 is 9.90 Å². The lowest BCUT2D eigenvalue weighted by atomic mass is 9.88. The number of aromatic nitrogens is 4. The van der Waals surface area contributed by atoms with Gasteiger partial charge in [-0.05, 0) is 72.0 Å². The van der Waals surface area contributed by atoms with E-state index >= 15 is 0 Å². The van der Waals surface area contributed by atoms with Gasteiger partial charge in [-0.3, -0.25) is 4.79 Å². The fourth-order valence-corrected chi connectivity index (χ4v) is 4.23. The van der Waals surface area contributed by atoms with Gasteiger partial charge in [-0.25, -0.2) is 0 Å². The molecule has 4 rings (SSSR count). The number of fused-ring (bicyclic) bond motifs is 1. The highest BCUT2D eigenvalue weighted by Gasteiger charge is 2.25. The van der Waals surface area contributed by atoms with Crippen LogP contribution in [0, 0.1) is 0 Å². The van der Waals surface area contributed by atoms with Gasteiger partial charge < -0.3 is 10.4 Å². The minimum absolute atomic E-state index is 0.0352. The number of carbonyl (C=O) groups is 1. The van der Waals surface area contributed by atoms with Gasteiger partial charge in [0.2, 0.25) is 11.1 Å². The summed E-state index contributed by atoms with van der Waals surface area (Å²) >= 11 is 1.31. The molecule has 0 spiro atoms. The molecule has 2 N–H and O–H groups in total. The van der Waals surface area contributed by atoms with Crippen LogP contribution >= 0.6 is 11.8 Å². The molecule has 0 bridgehead atoms. The zero-order valence-electron chi connectivity index (χ0n) is 15.4. The van der Waals surface area contributed by atoms with Crippen LogP contribution in [0.1, 0.15) is 36.9 Å². The summed E-state index contributed by atoms with van der Waals surface area (Å²) in [5.74, 6) is 0.137. The van der Waals surface area contributed by atoms with Gasteiger partial charge in [0.25, 0.3) is 0 Å². The average molecular weight is 395 g/mol. The van der Waals surface area contributed by atoms with Crippen LogP contribution in [0.5, 0.6) is 5.75 Å². The van der Waals surface area contributed by atoms with Crippen LogP contribution in [0.4, 0.5) is 0 Å². The summed E-state index contributed by atoms with van der Waals surface area (Å²) in [4.78, 5) is 12.8. The summed E-state index contributed by atoms with van der Waals surface area (Å²) < 4.78 is 1.56. The first kappa shape index (κ1) is 18.5. The van der Waals surface area contributed by atoms with Crippen molar-refractivity contribution in [2.24, 2.45) is 0 Å².